The number of carbonyl (C=O) groups excluding carboxylic acids is 1. The molecule has 2 aromatic carbocycles. The van der Waals surface area contributed by atoms with Crippen LogP contribution in [0.4, 0.5) is 24.5 Å². The summed E-state index contributed by atoms with van der Waals surface area (Å²) in [6.45, 7) is 5.22. The second-order valence-corrected chi connectivity index (χ2v) is 9.82. The van der Waals surface area contributed by atoms with Crippen molar-refractivity contribution in [3.05, 3.63) is 107 Å². The van der Waals surface area contributed by atoms with E-state index < -0.39 is 11.7 Å². The normalized spacial score (nSPS) is 17.3. The largest absolute Gasteiger partial charge is 0.416 e. The highest BCUT2D eigenvalue weighted by Gasteiger charge is 2.42. The minimum Gasteiger partial charge on any atom is -0.351 e. The Kier molecular flexibility index (Phi) is 6.90. The molecule has 0 bridgehead atoms. The van der Waals surface area contributed by atoms with Gasteiger partial charge in [0.2, 0.25) is 5.91 Å². The summed E-state index contributed by atoms with van der Waals surface area (Å²) in [5.74, 6) is -0.170. The van der Waals surface area contributed by atoms with E-state index in [1.807, 2.05) is 59.7 Å². The molecule has 1 amide bonds. The van der Waals surface area contributed by atoms with Crippen LogP contribution in [0.1, 0.15) is 47.2 Å². The number of alkyl halides is 3. The summed E-state index contributed by atoms with van der Waals surface area (Å²) in [4.78, 5) is 18.0. The Bertz CT molecular complexity index is 1530. The van der Waals surface area contributed by atoms with E-state index in [0.717, 1.165) is 40.5 Å². The van der Waals surface area contributed by atoms with E-state index in [9.17, 15) is 18.0 Å². The average molecular weight is 550 g/mol. The van der Waals surface area contributed by atoms with Crippen LogP contribution in [0.3, 0.4) is 0 Å². The van der Waals surface area contributed by atoms with E-state index in [1.165, 1.54) is 13.0 Å². The van der Waals surface area contributed by atoms with Gasteiger partial charge in [-0.3, -0.25) is 9.78 Å². The number of anilines is 2. The first-order valence-corrected chi connectivity index (χ1v) is 12.7. The molecule has 200 valence electrons. The Morgan fingerprint density at radius 1 is 1.00 bits per heavy atom. The number of carbonyl (C=O) groups is 1. The summed E-state index contributed by atoms with van der Waals surface area (Å²) in [5, 5.41) is 6.66. The Morgan fingerprint density at radius 2 is 1.74 bits per heavy atom. The van der Waals surface area contributed by atoms with Gasteiger partial charge < -0.3 is 20.1 Å². The highest BCUT2D eigenvalue weighted by atomic mass is 32.1. The van der Waals surface area contributed by atoms with Gasteiger partial charge in [-0.25, -0.2) is 0 Å². The number of halogens is 3. The van der Waals surface area contributed by atoms with Gasteiger partial charge in [-0.1, -0.05) is 12.1 Å². The van der Waals surface area contributed by atoms with E-state index in [-0.39, 0.29) is 18.0 Å². The number of aryl methyl sites for hydroxylation is 1. The molecular formula is C29H26F3N5OS. The molecule has 5 rings (SSSR count). The lowest BCUT2D eigenvalue weighted by Crippen LogP contribution is -2.29. The molecule has 39 heavy (non-hydrogen) atoms. The summed E-state index contributed by atoms with van der Waals surface area (Å²) < 4.78 is 42.3. The maximum atomic E-state index is 13.5. The number of rotatable bonds is 5. The molecule has 6 nitrogen and oxygen atoms in total. The molecule has 0 spiro atoms. The van der Waals surface area contributed by atoms with Gasteiger partial charge in [0.05, 0.1) is 23.3 Å². The zero-order chi connectivity index (χ0) is 27.9. The Balaban J connectivity index is 1.63. The maximum absolute atomic E-state index is 13.5. The van der Waals surface area contributed by atoms with Gasteiger partial charge in [0.25, 0.3) is 0 Å². The van der Waals surface area contributed by atoms with Crippen molar-refractivity contribution in [2.75, 3.05) is 10.2 Å². The fourth-order valence-electron chi connectivity index (χ4n) is 5.16. The van der Waals surface area contributed by atoms with E-state index in [1.54, 1.807) is 24.4 Å². The van der Waals surface area contributed by atoms with Crippen LogP contribution < -0.4 is 15.5 Å². The van der Waals surface area contributed by atoms with Crippen LogP contribution in [-0.4, -0.2) is 20.6 Å². The molecule has 1 fully saturated rings. The molecule has 0 radical (unpaired) electrons. The quantitative estimate of drug-likeness (QED) is 0.273. The van der Waals surface area contributed by atoms with E-state index >= 15 is 0 Å². The molecule has 2 N–H and O–H groups in total. The first kappa shape index (κ1) is 26.4. The molecule has 1 saturated heterocycles. The minimum absolute atomic E-state index is 0.170. The first-order chi connectivity index (χ1) is 18.5. The van der Waals surface area contributed by atoms with Crippen LogP contribution in [-0.2, 0) is 11.0 Å². The molecule has 0 unspecified atom stereocenters. The predicted octanol–water partition coefficient (Wildman–Crippen LogP) is 6.64. The smallest absolute Gasteiger partial charge is 0.351 e. The van der Waals surface area contributed by atoms with Crippen molar-refractivity contribution in [2.24, 2.45) is 0 Å². The van der Waals surface area contributed by atoms with Gasteiger partial charge in [-0.2, -0.15) is 13.2 Å². The predicted molar refractivity (Wildman–Crippen MR) is 149 cm³/mol. The summed E-state index contributed by atoms with van der Waals surface area (Å²) in [7, 11) is 0. The first-order valence-electron chi connectivity index (χ1n) is 12.3. The van der Waals surface area contributed by atoms with Crippen LogP contribution in [0.2, 0.25) is 0 Å². The van der Waals surface area contributed by atoms with Crippen LogP contribution in [0.5, 0.6) is 0 Å². The van der Waals surface area contributed by atoms with Crippen LogP contribution in [0.25, 0.3) is 5.69 Å². The number of nitrogens with zero attached hydrogens (tertiary/aromatic N) is 3. The third-order valence-electron chi connectivity index (χ3n) is 6.78. The maximum Gasteiger partial charge on any atom is 0.416 e. The minimum atomic E-state index is -4.44. The van der Waals surface area contributed by atoms with Crippen molar-refractivity contribution < 1.29 is 18.0 Å². The zero-order valence-corrected chi connectivity index (χ0v) is 22.3. The molecule has 2 aromatic heterocycles. The second-order valence-electron chi connectivity index (χ2n) is 9.43. The Morgan fingerprint density at radius 3 is 2.38 bits per heavy atom. The lowest BCUT2D eigenvalue weighted by atomic mass is 9.96. The van der Waals surface area contributed by atoms with Gasteiger partial charge in [0, 0.05) is 41.6 Å². The van der Waals surface area contributed by atoms with Gasteiger partial charge in [-0.15, -0.1) is 0 Å². The van der Waals surface area contributed by atoms with Gasteiger partial charge in [0.15, 0.2) is 5.11 Å². The number of amides is 1. The average Bonchev–Trinajstić information content (AvgIpc) is 3.39. The summed E-state index contributed by atoms with van der Waals surface area (Å²) in [6.07, 6.45) is -2.73. The molecule has 4 aromatic rings. The van der Waals surface area contributed by atoms with Gasteiger partial charge in [0.1, 0.15) is 0 Å². The molecule has 0 aliphatic carbocycles. The van der Waals surface area contributed by atoms with Crippen molar-refractivity contribution in [1.82, 2.24) is 14.9 Å². The number of aromatic nitrogens is 2. The monoisotopic (exact) mass is 549 g/mol. The number of nitrogens with one attached hydrogen (secondary N) is 2. The Hall–Kier alpha value is -4.18. The highest BCUT2D eigenvalue weighted by molar-refractivity contribution is 7.80. The van der Waals surface area contributed by atoms with Crippen LogP contribution in [0, 0.1) is 13.8 Å². The van der Waals surface area contributed by atoms with Gasteiger partial charge in [-0.05, 0) is 92.3 Å². The summed E-state index contributed by atoms with van der Waals surface area (Å²) in [5.41, 5.74) is 4.46. The topological polar surface area (TPSA) is 62.2 Å². The number of hydrogen-bond acceptors (Lipinski definition) is 3. The molecule has 10 heteroatoms. The van der Waals surface area contributed by atoms with Gasteiger partial charge >= 0.3 is 6.18 Å². The Labute approximate surface area is 229 Å². The molecule has 1 aliphatic rings. The third kappa shape index (κ3) is 5.12. The SMILES string of the molecule is CC(=O)Nc1ccc(N2C(=S)N[C@H](c3ccccn3)[C@@H]2c2cc(C)n(-c3cccc(C(F)(F)F)c3)c2C)cc1. The highest BCUT2D eigenvalue weighted by Crippen LogP contribution is 2.44. The van der Waals surface area contributed by atoms with E-state index in [0.29, 0.717) is 16.5 Å². The molecule has 2 atom stereocenters. The van der Waals surface area contributed by atoms with Crippen molar-refractivity contribution >= 4 is 34.6 Å². The van der Waals surface area contributed by atoms with Crippen LogP contribution >= 0.6 is 12.2 Å². The second kappa shape index (κ2) is 10.2. The lowest BCUT2D eigenvalue weighted by molar-refractivity contribution is -0.137. The molecular weight excluding hydrogens is 523 g/mol. The van der Waals surface area contributed by atoms with Crippen molar-refractivity contribution in [1.29, 1.82) is 0 Å². The molecule has 1 aliphatic heterocycles. The van der Waals surface area contributed by atoms with Crippen LogP contribution in [0.15, 0.2) is 79.0 Å². The fraction of sp³-hybridized carbons (Fsp3) is 0.207. The number of hydrogen-bond donors (Lipinski definition) is 2. The standard InChI is InChI=1S/C29H26F3N5OS/c1-17-15-24(18(2)36(17)23-8-6-7-20(16-23)29(30,31)32)27-26(25-9-4-5-14-33-25)35-28(39)37(27)22-12-10-21(11-13-22)34-19(3)38/h4-16,26-27H,1-3H3,(H,34,38)(H,35,39)/t26-,27+/m1/s1. The number of thiocarbonyl (C=S) groups is 1. The number of pyridine rings is 1. The number of benzene rings is 2. The van der Waals surface area contributed by atoms with E-state index in [2.05, 4.69) is 15.6 Å². The lowest BCUT2D eigenvalue weighted by Gasteiger charge is -2.28. The summed E-state index contributed by atoms with van der Waals surface area (Å²) in [6, 6.07) is 19.7. The fourth-order valence-corrected chi connectivity index (χ4v) is 5.51. The summed E-state index contributed by atoms with van der Waals surface area (Å²) >= 11 is 5.80. The van der Waals surface area contributed by atoms with Crippen molar-refractivity contribution in [3.8, 4) is 5.69 Å². The molecule has 0 saturated carbocycles. The zero-order valence-electron chi connectivity index (χ0n) is 21.5. The van der Waals surface area contributed by atoms with E-state index in [4.69, 9.17) is 12.2 Å². The molecule has 3 heterocycles. The third-order valence-corrected chi connectivity index (χ3v) is 7.10. The van der Waals surface area contributed by atoms with Crippen molar-refractivity contribution in [3.63, 3.8) is 0 Å². The van der Waals surface area contributed by atoms with Crippen molar-refractivity contribution in [2.45, 2.75) is 39.0 Å².